The Kier molecular flexibility index (Phi) is 6.63. The number of piperazine rings is 1. The average Bonchev–Trinajstić information content (AvgIpc) is 2.78. The van der Waals surface area contributed by atoms with E-state index in [1.54, 1.807) is 4.90 Å². The van der Waals surface area contributed by atoms with Crippen LogP contribution >= 0.6 is 11.6 Å². The van der Waals surface area contributed by atoms with Gasteiger partial charge < -0.3 is 14.5 Å². The summed E-state index contributed by atoms with van der Waals surface area (Å²) in [7, 11) is -3.35. The molecule has 1 saturated carbocycles. The molecule has 1 amide bonds. The Morgan fingerprint density at radius 3 is 2.33 bits per heavy atom. The normalized spacial score (nSPS) is 24.3. The highest BCUT2D eigenvalue weighted by Gasteiger charge is 2.54. The average molecular weight is 534 g/mol. The van der Waals surface area contributed by atoms with Gasteiger partial charge in [-0.1, -0.05) is 23.7 Å². The number of benzene rings is 1. The van der Waals surface area contributed by atoms with E-state index in [4.69, 9.17) is 16.3 Å². The van der Waals surface area contributed by atoms with Crippen LogP contribution in [-0.4, -0.2) is 84.9 Å². The third-order valence-electron chi connectivity index (χ3n) is 7.55. The van der Waals surface area contributed by atoms with Crippen LogP contribution in [0.3, 0.4) is 0 Å². The van der Waals surface area contributed by atoms with Gasteiger partial charge in [-0.3, -0.25) is 4.90 Å². The number of hydrogen-bond donors (Lipinski definition) is 0. The van der Waals surface area contributed by atoms with Crippen LogP contribution in [0.15, 0.2) is 41.6 Å². The maximum absolute atomic E-state index is 13.0. The van der Waals surface area contributed by atoms with Crippen LogP contribution in [0, 0.1) is 5.41 Å². The van der Waals surface area contributed by atoms with Crippen LogP contribution in [0.5, 0.6) is 0 Å². The maximum atomic E-state index is 13.0. The summed E-state index contributed by atoms with van der Waals surface area (Å²) in [5.41, 5.74) is 1.54. The molecular weight excluding hydrogens is 502 g/mol. The summed E-state index contributed by atoms with van der Waals surface area (Å²) in [6.07, 6.45) is 5.34. The lowest BCUT2D eigenvalue weighted by Crippen LogP contribution is -2.64. The Hall–Kier alpha value is -2.43. The van der Waals surface area contributed by atoms with Crippen LogP contribution in [0.25, 0.3) is 0 Å². The minimum absolute atomic E-state index is 0.0254. The van der Waals surface area contributed by atoms with E-state index in [1.807, 2.05) is 30.9 Å². The van der Waals surface area contributed by atoms with Gasteiger partial charge in [0.05, 0.1) is 12.4 Å². The summed E-state index contributed by atoms with van der Waals surface area (Å²) in [5, 5.41) is 0.754. The Labute approximate surface area is 217 Å². The number of ether oxygens (including phenoxy) is 1. The topological polar surface area (TPSA) is 95.9 Å². The van der Waals surface area contributed by atoms with Gasteiger partial charge >= 0.3 is 6.09 Å². The number of rotatable bonds is 5. The molecule has 36 heavy (non-hydrogen) atoms. The largest absolute Gasteiger partial charge is 0.446 e. The van der Waals surface area contributed by atoms with Crippen LogP contribution < -0.4 is 4.90 Å². The van der Waals surface area contributed by atoms with Crippen molar-refractivity contribution in [2.24, 2.45) is 5.41 Å². The van der Waals surface area contributed by atoms with E-state index < -0.39 is 9.84 Å². The van der Waals surface area contributed by atoms with Crippen molar-refractivity contribution in [3.63, 3.8) is 0 Å². The van der Waals surface area contributed by atoms with Gasteiger partial charge in [0.25, 0.3) is 0 Å². The van der Waals surface area contributed by atoms with Crippen molar-refractivity contribution in [1.82, 2.24) is 19.8 Å². The highest BCUT2D eigenvalue weighted by atomic mass is 35.5. The molecule has 3 heterocycles. The summed E-state index contributed by atoms with van der Waals surface area (Å²) in [4.78, 5) is 27.8. The molecule has 1 aliphatic carbocycles. The predicted molar refractivity (Wildman–Crippen MR) is 137 cm³/mol. The summed E-state index contributed by atoms with van der Waals surface area (Å²) >= 11 is 5.97. The molecule has 0 radical (unpaired) electrons. The maximum Gasteiger partial charge on any atom is 0.410 e. The number of carbonyl (C=O) groups excluding carboxylic acids is 1. The van der Waals surface area contributed by atoms with Crippen molar-refractivity contribution in [2.75, 3.05) is 37.3 Å². The fraction of sp³-hybridized carbons (Fsp3) is 0.560. The molecule has 2 atom stereocenters. The SMILES string of the molecule is C[C@@H]1CN(c2ncc(S(C)(=O)=O)cn2)[C@@H](C)CN1C(=O)OC1CC2(C1)CN(Cc1ccc(Cl)cc1)C2. The lowest BCUT2D eigenvalue weighted by molar-refractivity contribution is -0.137. The molecule has 1 spiro atoms. The van der Waals surface area contributed by atoms with Gasteiger partial charge in [0.2, 0.25) is 5.95 Å². The molecule has 11 heteroatoms. The number of nitrogens with zero attached hydrogens (tertiary/aromatic N) is 5. The minimum Gasteiger partial charge on any atom is -0.446 e. The van der Waals surface area contributed by atoms with Crippen molar-refractivity contribution < 1.29 is 17.9 Å². The lowest BCUT2D eigenvalue weighted by atomic mass is 9.61. The van der Waals surface area contributed by atoms with E-state index in [1.165, 1.54) is 18.0 Å². The van der Waals surface area contributed by atoms with Crippen molar-refractivity contribution in [3.05, 3.63) is 47.2 Å². The van der Waals surface area contributed by atoms with Gasteiger partial charge in [0.15, 0.2) is 9.84 Å². The highest BCUT2D eigenvalue weighted by molar-refractivity contribution is 7.90. The number of hydrogen-bond acceptors (Lipinski definition) is 8. The molecule has 0 N–H and O–H groups in total. The smallest absolute Gasteiger partial charge is 0.410 e. The quantitative estimate of drug-likeness (QED) is 0.578. The van der Waals surface area contributed by atoms with Gasteiger partial charge in [-0.25, -0.2) is 23.2 Å². The van der Waals surface area contributed by atoms with Crippen LogP contribution in [0.4, 0.5) is 10.7 Å². The highest BCUT2D eigenvalue weighted by Crippen LogP contribution is 2.50. The van der Waals surface area contributed by atoms with Gasteiger partial charge in [-0.05, 0) is 44.4 Å². The van der Waals surface area contributed by atoms with Gasteiger partial charge in [0.1, 0.15) is 11.0 Å². The number of carbonyl (C=O) groups is 1. The number of likely N-dealkylation sites (tertiary alicyclic amines) is 1. The molecule has 3 aliphatic rings. The summed E-state index contributed by atoms with van der Waals surface area (Å²) in [6, 6.07) is 7.87. The zero-order valence-corrected chi connectivity index (χ0v) is 22.4. The third kappa shape index (κ3) is 5.17. The molecular formula is C25H32ClN5O4S. The number of anilines is 1. The molecule has 2 aliphatic heterocycles. The molecule has 3 fully saturated rings. The van der Waals surface area contributed by atoms with Crippen molar-refractivity contribution in [2.45, 2.75) is 56.3 Å². The Morgan fingerprint density at radius 1 is 1.08 bits per heavy atom. The van der Waals surface area contributed by atoms with Crippen LogP contribution in [0.2, 0.25) is 5.02 Å². The summed E-state index contributed by atoms with van der Waals surface area (Å²) in [6.45, 7) is 8.01. The molecule has 5 rings (SSSR count). The molecule has 0 bridgehead atoms. The molecule has 2 aromatic rings. The van der Waals surface area contributed by atoms with E-state index in [9.17, 15) is 13.2 Å². The second kappa shape index (κ2) is 9.46. The molecule has 1 aromatic heterocycles. The number of amides is 1. The Morgan fingerprint density at radius 2 is 1.72 bits per heavy atom. The molecule has 0 unspecified atom stereocenters. The third-order valence-corrected chi connectivity index (χ3v) is 8.87. The minimum atomic E-state index is -3.35. The van der Waals surface area contributed by atoms with E-state index >= 15 is 0 Å². The zero-order valence-electron chi connectivity index (χ0n) is 20.8. The second-order valence-corrected chi connectivity index (χ2v) is 13.1. The lowest BCUT2D eigenvalue weighted by Gasteiger charge is -2.58. The van der Waals surface area contributed by atoms with Crippen molar-refractivity contribution in [3.8, 4) is 0 Å². The standard InChI is InChI=1S/C25H32ClN5O4S/c1-17-13-31(18(2)12-30(17)23-27-10-22(11-28-23)36(3,33)34)24(32)35-21-8-25(9-21)15-29(16-25)14-19-4-6-20(26)7-5-19/h4-7,10-11,17-18,21H,8-9,12-16H2,1-3H3/t17-,18+/m0/s1. The van der Waals surface area contributed by atoms with Gasteiger partial charge in [-0.2, -0.15) is 0 Å². The Balaban J connectivity index is 1.09. The fourth-order valence-electron chi connectivity index (χ4n) is 5.63. The van der Waals surface area contributed by atoms with Gasteiger partial charge in [-0.15, -0.1) is 0 Å². The number of aromatic nitrogens is 2. The van der Waals surface area contributed by atoms with Gasteiger partial charge in [0, 0.05) is 61.5 Å². The first-order chi connectivity index (χ1) is 17.0. The predicted octanol–water partition coefficient (Wildman–Crippen LogP) is 3.23. The number of halogens is 1. The molecule has 2 saturated heterocycles. The molecule has 1 aromatic carbocycles. The summed E-state index contributed by atoms with van der Waals surface area (Å²) in [5.74, 6) is 0.462. The first-order valence-corrected chi connectivity index (χ1v) is 14.5. The first-order valence-electron chi connectivity index (χ1n) is 12.2. The van der Waals surface area contributed by atoms with Crippen molar-refractivity contribution >= 4 is 33.5 Å². The Bertz CT molecular complexity index is 1210. The van der Waals surface area contributed by atoms with E-state index in [2.05, 4.69) is 27.0 Å². The van der Waals surface area contributed by atoms with Crippen molar-refractivity contribution in [1.29, 1.82) is 0 Å². The zero-order chi connectivity index (χ0) is 25.7. The second-order valence-electron chi connectivity index (χ2n) is 10.7. The summed E-state index contributed by atoms with van der Waals surface area (Å²) < 4.78 is 29.2. The van der Waals surface area contributed by atoms with E-state index in [-0.39, 0.29) is 34.6 Å². The number of sulfone groups is 1. The van der Waals surface area contributed by atoms with E-state index in [0.717, 1.165) is 43.8 Å². The van der Waals surface area contributed by atoms with Crippen LogP contribution in [0.1, 0.15) is 32.3 Å². The first kappa shape index (κ1) is 25.2. The monoisotopic (exact) mass is 533 g/mol. The molecule has 194 valence electrons. The van der Waals surface area contributed by atoms with Crippen LogP contribution in [-0.2, 0) is 21.1 Å². The van der Waals surface area contributed by atoms with E-state index in [0.29, 0.717) is 19.0 Å². The fourth-order valence-corrected chi connectivity index (χ4v) is 6.24. The molecule has 9 nitrogen and oxygen atoms in total.